The topological polar surface area (TPSA) is 54.0 Å². The molecule has 0 radical (unpaired) electrons. The molecule has 2 fully saturated rings. The molecule has 4 nitrogen and oxygen atoms in total. The van der Waals surface area contributed by atoms with Crippen LogP contribution in [0.3, 0.4) is 0 Å². The molecular formula is C13H17N3O. The second kappa shape index (κ2) is 4.35. The lowest BCUT2D eigenvalue weighted by Gasteiger charge is -2.06. The van der Waals surface area contributed by atoms with Crippen LogP contribution < -0.4 is 10.6 Å². The summed E-state index contributed by atoms with van der Waals surface area (Å²) in [5.41, 5.74) is 0.793. The van der Waals surface area contributed by atoms with Crippen LogP contribution in [0.5, 0.6) is 0 Å². The van der Waals surface area contributed by atoms with Crippen LogP contribution in [0.1, 0.15) is 25.7 Å². The van der Waals surface area contributed by atoms with Crippen LogP contribution in [0.2, 0.25) is 0 Å². The van der Waals surface area contributed by atoms with Crippen LogP contribution >= 0.6 is 0 Å². The lowest BCUT2D eigenvalue weighted by molar-refractivity contribution is 0.251. The first-order valence-electron chi connectivity index (χ1n) is 6.32. The average molecular weight is 231 g/mol. The molecule has 2 aliphatic carbocycles. The summed E-state index contributed by atoms with van der Waals surface area (Å²) in [6, 6.07) is 3.91. The van der Waals surface area contributed by atoms with Crippen molar-refractivity contribution < 1.29 is 4.79 Å². The molecule has 0 aromatic carbocycles. The van der Waals surface area contributed by atoms with Crippen molar-refractivity contribution in [2.75, 3.05) is 5.32 Å². The Morgan fingerprint density at radius 3 is 2.47 bits per heavy atom. The van der Waals surface area contributed by atoms with Crippen LogP contribution in [0, 0.1) is 11.8 Å². The molecule has 90 valence electrons. The highest BCUT2D eigenvalue weighted by Crippen LogP contribution is 2.49. The van der Waals surface area contributed by atoms with E-state index < -0.39 is 0 Å². The predicted octanol–water partition coefficient (Wildman–Crippen LogP) is 2.39. The highest BCUT2D eigenvalue weighted by atomic mass is 16.2. The molecular weight excluding hydrogens is 214 g/mol. The molecule has 0 aliphatic heterocycles. The quantitative estimate of drug-likeness (QED) is 0.821. The first-order valence-corrected chi connectivity index (χ1v) is 6.32. The van der Waals surface area contributed by atoms with Gasteiger partial charge in [-0.05, 0) is 36.8 Å². The maximum absolute atomic E-state index is 11.8. The van der Waals surface area contributed by atoms with Crippen molar-refractivity contribution in [1.29, 1.82) is 0 Å². The summed E-state index contributed by atoms with van der Waals surface area (Å²) in [5, 5.41) is 5.91. The number of aromatic nitrogens is 1. The van der Waals surface area contributed by atoms with E-state index >= 15 is 0 Å². The van der Waals surface area contributed by atoms with Gasteiger partial charge in [0.2, 0.25) is 0 Å². The van der Waals surface area contributed by atoms with Gasteiger partial charge in [0.15, 0.2) is 0 Å². The first kappa shape index (κ1) is 10.6. The highest BCUT2D eigenvalue weighted by Gasteiger charge is 2.51. The number of fused-ring (bicyclic) bond motifs is 1. The predicted molar refractivity (Wildman–Crippen MR) is 65.6 cm³/mol. The van der Waals surface area contributed by atoms with Gasteiger partial charge in [-0.25, -0.2) is 4.79 Å². The maximum Gasteiger partial charge on any atom is 0.319 e. The third kappa shape index (κ3) is 2.25. The van der Waals surface area contributed by atoms with Gasteiger partial charge in [-0.2, -0.15) is 0 Å². The number of nitrogens with zero attached hydrogens (tertiary/aromatic N) is 1. The zero-order chi connectivity index (χ0) is 11.7. The summed E-state index contributed by atoms with van der Waals surface area (Å²) >= 11 is 0. The number of urea groups is 1. The molecule has 1 heterocycles. The van der Waals surface area contributed by atoms with Crippen molar-refractivity contribution in [3.63, 3.8) is 0 Å². The number of anilines is 1. The van der Waals surface area contributed by atoms with Gasteiger partial charge >= 0.3 is 6.03 Å². The number of amides is 2. The summed E-state index contributed by atoms with van der Waals surface area (Å²) in [7, 11) is 0. The maximum atomic E-state index is 11.8. The Bertz CT molecular complexity index is 394. The van der Waals surface area contributed by atoms with E-state index in [4.69, 9.17) is 0 Å². The van der Waals surface area contributed by atoms with E-state index in [0.717, 1.165) is 17.5 Å². The summed E-state index contributed by atoms with van der Waals surface area (Å²) < 4.78 is 0. The minimum absolute atomic E-state index is 0.0874. The molecule has 0 spiro atoms. The molecule has 2 saturated carbocycles. The van der Waals surface area contributed by atoms with E-state index in [0.29, 0.717) is 6.04 Å². The van der Waals surface area contributed by atoms with Crippen molar-refractivity contribution in [3.05, 3.63) is 24.5 Å². The fraction of sp³-hybridized carbons (Fsp3) is 0.538. The van der Waals surface area contributed by atoms with Crippen molar-refractivity contribution in [3.8, 4) is 0 Å². The van der Waals surface area contributed by atoms with E-state index in [2.05, 4.69) is 15.6 Å². The first-order chi connectivity index (χ1) is 8.34. The zero-order valence-corrected chi connectivity index (χ0v) is 9.73. The Morgan fingerprint density at radius 1 is 1.18 bits per heavy atom. The fourth-order valence-electron chi connectivity index (χ4n) is 2.96. The largest absolute Gasteiger partial charge is 0.335 e. The normalized spacial score (nSPS) is 30.2. The molecule has 17 heavy (non-hydrogen) atoms. The molecule has 2 amide bonds. The lowest BCUT2D eigenvalue weighted by atomic mass is 10.0. The minimum Gasteiger partial charge on any atom is -0.335 e. The minimum atomic E-state index is -0.0874. The molecule has 2 unspecified atom stereocenters. The molecule has 4 heteroatoms. The lowest BCUT2D eigenvalue weighted by Crippen LogP contribution is -2.32. The van der Waals surface area contributed by atoms with Gasteiger partial charge in [0.1, 0.15) is 0 Å². The van der Waals surface area contributed by atoms with Crippen molar-refractivity contribution >= 4 is 11.7 Å². The number of carbonyl (C=O) groups is 1. The van der Waals surface area contributed by atoms with Crippen molar-refractivity contribution in [1.82, 2.24) is 10.3 Å². The standard InChI is InChI=1S/C13H17N3O/c17-13(15-9-5-7-14-8-6-9)16-12-10-3-1-2-4-11(10)12/h5-8,10-12H,1-4H2,(H2,14,15,16,17). The van der Waals surface area contributed by atoms with E-state index in [1.807, 2.05) is 0 Å². The summed E-state index contributed by atoms with van der Waals surface area (Å²) in [5.74, 6) is 1.49. The van der Waals surface area contributed by atoms with Crippen LogP contribution in [-0.4, -0.2) is 17.1 Å². The zero-order valence-electron chi connectivity index (χ0n) is 9.73. The highest BCUT2D eigenvalue weighted by molar-refractivity contribution is 5.89. The van der Waals surface area contributed by atoms with Gasteiger partial charge in [0.05, 0.1) is 0 Å². The number of carbonyl (C=O) groups excluding carboxylic acids is 1. The van der Waals surface area contributed by atoms with Gasteiger partial charge in [0.25, 0.3) is 0 Å². The van der Waals surface area contributed by atoms with Gasteiger partial charge < -0.3 is 10.6 Å². The third-order valence-electron chi connectivity index (χ3n) is 3.89. The Morgan fingerprint density at radius 2 is 1.82 bits per heavy atom. The van der Waals surface area contributed by atoms with Gasteiger partial charge in [0, 0.05) is 24.1 Å². The summed E-state index contributed by atoms with van der Waals surface area (Å²) in [6.45, 7) is 0. The molecule has 3 rings (SSSR count). The van der Waals surface area contributed by atoms with E-state index in [-0.39, 0.29) is 6.03 Å². The molecule has 0 bridgehead atoms. The number of nitrogens with one attached hydrogen (secondary N) is 2. The monoisotopic (exact) mass is 231 g/mol. The number of hydrogen-bond donors (Lipinski definition) is 2. The third-order valence-corrected chi connectivity index (χ3v) is 3.89. The van der Waals surface area contributed by atoms with E-state index in [9.17, 15) is 4.79 Å². The van der Waals surface area contributed by atoms with Crippen LogP contribution in [0.4, 0.5) is 10.5 Å². The van der Waals surface area contributed by atoms with Crippen molar-refractivity contribution in [2.24, 2.45) is 11.8 Å². The number of hydrogen-bond acceptors (Lipinski definition) is 2. The molecule has 0 saturated heterocycles. The van der Waals surface area contributed by atoms with Crippen LogP contribution in [0.25, 0.3) is 0 Å². The van der Waals surface area contributed by atoms with E-state index in [1.165, 1.54) is 25.7 Å². The molecule has 1 aromatic rings. The fourth-order valence-corrected chi connectivity index (χ4v) is 2.96. The summed E-state index contributed by atoms with van der Waals surface area (Å²) in [4.78, 5) is 15.7. The second-order valence-electron chi connectivity index (χ2n) is 4.97. The SMILES string of the molecule is O=C(Nc1ccncc1)NC1C2CCCCC21. The Balaban J connectivity index is 1.51. The number of pyridine rings is 1. The average Bonchev–Trinajstić information content (AvgIpc) is 3.04. The molecule has 1 aromatic heterocycles. The molecule has 2 aliphatic rings. The van der Waals surface area contributed by atoms with Crippen LogP contribution in [-0.2, 0) is 0 Å². The molecule has 2 N–H and O–H groups in total. The summed E-state index contributed by atoms with van der Waals surface area (Å²) in [6.07, 6.45) is 8.56. The van der Waals surface area contributed by atoms with Gasteiger partial charge in [-0.15, -0.1) is 0 Å². The van der Waals surface area contributed by atoms with Gasteiger partial charge in [-0.1, -0.05) is 12.8 Å². The molecule has 2 atom stereocenters. The Hall–Kier alpha value is -1.58. The Labute approximate surface area is 101 Å². The van der Waals surface area contributed by atoms with Crippen LogP contribution in [0.15, 0.2) is 24.5 Å². The number of rotatable bonds is 2. The smallest absolute Gasteiger partial charge is 0.319 e. The second-order valence-corrected chi connectivity index (χ2v) is 4.97. The van der Waals surface area contributed by atoms with E-state index in [1.54, 1.807) is 24.5 Å². The Kier molecular flexibility index (Phi) is 2.71. The van der Waals surface area contributed by atoms with Crippen molar-refractivity contribution in [2.45, 2.75) is 31.7 Å². The van der Waals surface area contributed by atoms with Gasteiger partial charge in [-0.3, -0.25) is 4.98 Å².